The molecule has 1 saturated heterocycles. The van der Waals surface area contributed by atoms with E-state index in [0.29, 0.717) is 39.0 Å². The highest BCUT2D eigenvalue weighted by Gasteiger charge is 2.28. The van der Waals surface area contributed by atoms with Crippen molar-refractivity contribution in [3.8, 4) is 11.3 Å². The number of amides is 1. The first-order valence-corrected chi connectivity index (χ1v) is 11.0. The molecular formula is C16H22N4O3S2. The molecule has 0 radical (unpaired) electrons. The van der Waals surface area contributed by atoms with Gasteiger partial charge in [0.05, 0.1) is 18.5 Å². The second-order valence-electron chi connectivity index (χ2n) is 6.20. The standard InChI is InChI=1S/C16H22N4O3S2/c1-25(22,23)20-8-2-13(3-9-20)16(21)17-6-10-19-7-4-15(18-19)14-5-11-24-12-14/h4-5,7,11-13H,2-3,6,8-10H2,1H3,(H,17,21). The Balaban J connectivity index is 1.43. The van der Waals surface area contributed by atoms with Crippen LogP contribution in [0.3, 0.4) is 0 Å². The van der Waals surface area contributed by atoms with Crippen LogP contribution in [0.5, 0.6) is 0 Å². The summed E-state index contributed by atoms with van der Waals surface area (Å²) in [5.41, 5.74) is 2.03. The van der Waals surface area contributed by atoms with Crippen LogP contribution in [0.2, 0.25) is 0 Å². The molecule has 3 heterocycles. The average Bonchev–Trinajstić information content (AvgIpc) is 3.25. The van der Waals surface area contributed by atoms with Crippen LogP contribution in [0.25, 0.3) is 11.3 Å². The SMILES string of the molecule is CS(=O)(=O)N1CCC(C(=O)NCCn2ccc(-c3ccsc3)n2)CC1. The number of piperidine rings is 1. The Morgan fingerprint density at radius 2 is 2.12 bits per heavy atom. The molecule has 1 aliphatic heterocycles. The quantitative estimate of drug-likeness (QED) is 0.818. The summed E-state index contributed by atoms with van der Waals surface area (Å²) in [5.74, 6) is -0.115. The van der Waals surface area contributed by atoms with Crippen LogP contribution in [-0.4, -0.2) is 54.3 Å². The van der Waals surface area contributed by atoms with Crippen LogP contribution >= 0.6 is 11.3 Å². The van der Waals surface area contributed by atoms with Crippen LogP contribution in [0.4, 0.5) is 0 Å². The Kier molecular flexibility index (Phi) is 5.55. The summed E-state index contributed by atoms with van der Waals surface area (Å²) in [6.07, 6.45) is 4.26. The first kappa shape index (κ1) is 18.1. The fourth-order valence-electron chi connectivity index (χ4n) is 2.94. The van der Waals surface area contributed by atoms with Gasteiger partial charge in [0, 0.05) is 42.7 Å². The molecule has 0 aromatic carbocycles. The average molecular weight is 383 g/mol. The normalized spacial score (nSPS) is 16.8. The highest BCUT2D eigenvalue weighted by Crippen LogP contribution is 2.20. The van der Waals surface area contributed by atoms with Gasteiger partial charge in [0.15, 0.2) is 0 Å². The zero-order valence-corrected chi connectivity index (χ0v) is 15.7. The lowest BCUT2D eigenvalue weighted by Crippen LogP contribution is -2.43. The number of nitrogens with one attached hydrogen (secondary N) is 1. The van der Waals surface area contributed by atoms with Gasteiger partial charge in [0.1, 0.15) is 0 Å². The van der Waals surface area contributed by atoms with E-state index >= 15 is 0 Å². The highest BCUT2D eigenvalue weighted by molar-refractivity contribution is 7.88. The second-order valence-corrected chi connectivity index (χ2v) is 8.97. The van der Waals surface area contributed by atoms with Crippen molar-refractivity contribution >= 4 is 27.3 Å². The van der Waals surface area contributed by atoms with Gasteiger partial charge in [-0.1, -0.05) is 0 Å². The van der Waals surface area contributed by atoms with E-state index in [1.54, 1.807) is 11.3 Å². The largest absolute Gasteiger partial charge is 0.354 e. The molecule has 2 aromatic rings. The van der Waals surface area contributed by atoms with Gasteiger partial charge in [0.25, 0.3) is 0 Å². The number of carbonyl (C=O) groups excluding carboxylic acids is 1. The van der Waals surface area contributed by atoms with Gasteiger partial charge in [-0.2, -0.15) is 16.4 Å². The van der Waals surface area contributed by atoms with E-state index in [-0.39, 0.29) is 11.8 Å². The van der Waals surface area contributed by atoms with Crippen molar-refractivity contribution in [2.24, 2.45) is 5.92 Å². The van der Waals surface area contributed by atoms with Crippen LogP contribution in [-0.2, 0) is 21.4 Å². The predicted octanol–water partition coefficient (Wildman–Crippen LogP) is 1.40. The van der Waals surface area contributed by atoms with Gasteiger partial charge in [0.2, 0.25) is 15.9 Å². The molecule has 0 saturated carbocycles. The summed E-state index contributed by atoms with van der Waals surface area (Å²) in [6.45, 7) is 1.95. The molecule has 25 heavy (non-hydrogen) atoms. The molecule has 1 amide bonds. The Bertz CT molecular complexity index is 806. The monoisotopic (exact) mass is 382 g/mol. The number of hydrogen-bond donors (Lipinski definition) is 1. The molecule has 0 atom stereocenters. The number of sulfonamides is 1. The van der Waals surface area contributed by atoms with Crippen molar-refractivity contribution in [3.05, 3.63) is 29.1 Å². The molecule has 1 N–H and O–H groups in total. The Hall–Kier alpha value is -1.71. The molecule has 0 aliphatic carbocycles. The zero-order chi connectivity index (χ0) is 17.9. The maximum atomic E-state index is 12.2. The first-order valence-electron chi connectivity index (χ1n) is 8.22. The van der Waals surface area contributed by atoms with E-state index in [2.05, 4.69) is 15.8 Å². The fraction of sp³-hybridized carbons (Fsp3) is 0.500. The lowest BCUT2D eigenvalue weighted by molar-refractivity contribution is -0.126. The van der Waals surface area contributed by atoms with Crippen molar-refractivity contribution in [2.45, 2.75) is 19.4 Å². The summed E-state index contributed by atoms with van der Waals surface area (Å²) in [6, 6.07) is 3.99. The van der Waals surface area contributed by atoms with Crippen molar-refractivity contribution in [3.63, 3.8) is 0 Å². The molecular weight excluding hydrogens is 360 g/mol. The van der Waals surface area contributed by atoms with Crippen LogP contribution in [0.1, 0.15) is 12.8 Å². The predicted molar refractivity (Wildman–Crippen MR) is 97.7 cm³/mol. The third kappa shape index (κ3) is 4.68. The lowest BCUT2D eigenvalue weighted by Gasteiger charge is -2.29. The number of rotatable bonds is 6. The number of carbonyl (C=O) groups is 1. The van der Waals surface area contributed by atoms with E-state index in [4.69, 9.17) is 0 Å². The molecule has 1 aliphatic rings. The Morgan fingerprint density at radius 1 is 1.36 bits per heavy atom. The minimum Gasteiger partial charge on any atom is -0.354 e. The molecule has 9 heteroatoms. The lowest BCUT2D eigenvalue weighted by atomic mass is 9.97. The van der Waals surface area contributed by atoms with Gasteiger partial charge in [-0.15, -0.1) is 0 Å². The van der Waals surface area contributed by atoms with Gasteiger partial charge in [-0.3, -0.25) is 9.48 Å². The minimum atomic E-state index is -3.15. The molecule has 2 aromatic heterocycles. The molecule has 1 fully saturated rings. The van der Waals surface area contributed by atoms with Gasteiger partial charge < -0.3 is 5.32 Å². The van der Waals surface area contributed by atoms with E-state index in [0.717, 1.165) is 11.3 Å². The van der Waals surface area contributed by atoms with Gasteiger partial charge in [-0.25, -0.2) is 12.7 Å². The number of hydrogen-bond acceptors (Lipinski definition) is 5. The van der Waals surface area contributed by atoms with Gasteiger partial charge >= 0.3 is 0 Å². The third-order valence-electron chi connectivity index (χ3n) is 4.39. The van der Waals surface area contributed by atoms with Crippen molar-refractivity contribution in [1.82, 2.24) is 19.4 Å². The van der Waals surface area contributed by atoms with E-state index < -0.39 is 10.0 Å². The van der Waals surface area contributed by atoms with Crippen molar-refractivity contribution < 1.29 is 13.2 Å². The highest BCUT2D eigenvalue weighted by atomic mass is 32.2. The third-order valence-corrected chi connectivity index (χ3v) is 6.38. The molecule has 0 spiro atoms. The van der Waals surface area contributed by atoms with Crippen LogP contribution in [0, 0.1) is 5.92 Å². The zero-order valence-electron chi connectivity index (χ0n) is 14.1. The summed E-state index contributed by atoms with van der Waals surface area (Å²) < 4.78 is 26.2. The van der Waals surface area contributed by atoms with Crippen molar-refractivity contribution in [1.29, 1.82) is 0 Å². The smallest absolute Gasteiger partial charge is 0.223 e. The molecule has 0 bridgehead atoms. The van der Waals surface area contributed by atoms with E-state index in [1.807, 2.05) is 28.4 Å². The molecule has 0 unspecified atom stereocenters. The van der Waals surface area contributed by atoms with E-state index in [1.165, 1.54) is 10.6 Å². The molecule has 3 rings (SSSR count). The molecule has 136 valence electrons. The summed E-state index contributed by atoms with van der Waals surface area (Å²) in [5, 5.41) is 11.5. The van der Waals surface area contributed by atoms with E-state index in [9.17, 15) is 13.2 Å². The topological polar surface area (TPSA) is 84.3 Å². The Morgan fingerprint density at radius 3 is 2.76 bits per heavy atom. The van der Waals surface area contributed by atoms with Crippen LogP contribution < -0.4 is 5.32 Å². The number of nitrogens with zero attached hydrogens (tertiary/aromatic N) is 3. The summed E-state index contributed by atoms with van der Waals surface area (Å²) >= 11 is 1.64. The maximum Gasteiger partial charge on any atom is 0.223 e. The Labute approximate surface area is 151 Å². The number of thiophene rings is 1. The summed E-state index contributed by atoms with van der Waals surface area (Å²) in [7, 11) is -3.15. The minimum absolute atomic E-state index is 0.00151. The maximum absolute atomic E-state index is 12.2. The summed E-state index contributed by atoms with van der Waals surface area (Å²) in [4.78, 5) is 12.2. The van der Waals surface area contributed by atoms with Crippen LogP contribution in [0.15, 0.2) is 29.1 Å². The van der Waals surface area contributed by atoms with Crippen molar-refractivity contribution in [2.75, 3.05) is 25.9 Å². The fourth-order valence-corrected chi connectivity index (χ4v) is 4.46. The first-order chi connectivity index (χ1) is 11.9. The number of aromatic nitrogens is 2. The van der Waals surface area contributed by atoms with Gasteiger partial charge in [-0.05, 0) is 30.4 Å². The molecule has 7 nitrogen and oxygen atoms in total. The second kappa shape index (κ2) is 7.67.